The van der Waals surface area contributed by atoms with Crippen molar-refractivity contribution in [2.75, 3.05) is 12.1 Å². The number of rotatable bonds is 6. The highest BCUT2D eigenvalue weighted by molar-refractivity contribution is 9.10. The number of fused-ring (bicyclic) bond motifs is 1. The topological polar surface area (TPSA) is 104 Å². The maximum atomic E-state index is 13.3. The summed E-state index contributed by atoms with van der Waals surface area (Å²) in [6.07, 6.45) is 1.46. The minimum Gasteiger partial charge on any atom is -0.459 e. The number of sulfone groups is 1. The summed E-state index contributed by atoms with van der Waals surface area (Å²) in [5.41, 5.74) is 0.854. The van der Waals surface area contributed by atoms with Crippen LogP contribution in [0, 0.1) is 0 Å². The van der Waals surface area contributed by atoms with Crippen LogP contribution in [0.2, 0.25) is 0 Å². The van der Waals surface area contributed by atoms with Gasteiger partial charge < -0.3 is 23.6 Å². The molecule has 2 aromatic carbocycles. The Kier molecular flexibility index (Phi) is 4.95. The van der Waals surface area contributed by atoms with Gasteiger partial charge in [0, 0.05) is 11.0 Å². The number of oxazole rings is 1. The van der Waals surface area contributed by atoms with E-state index in [-0.39, 0.29) is 35.0 Å². The van der Waals surface area contributed by atoms with E-state index in [4.69, 9.17) is 18.3 Å². The normalized spacial score (nSPS) is 12.8. The molecule has 0 spiro atoms. The molecule has 1 N–H and O–H groups in total. The number of ether oxygens (including phenoxy) is 2. The van der Waals surface area contributed by atoms with E-state index in [1.165, 1.54) is 18.4 Å². The van der Waals surface area contributed by atoms with E-state index in [0.29, 0.717) is 17.3 Å². The van der Waals surface area contributed by atoms with Crippen LogP contribution < -0.4 is 14.8 Å². The van der Waals surface area contributed by atoms with Crippen molar-refractivity contribution in [3.05, 3.63) is 70.9 Å². The molecule has 1 aliphatic heterocycles. The van der Waals surface area contributed by atoms with Gasteiger partial charge in [-0.1, -0.05) is 22.0 Å². The van der Waals surface area contributed by atoms with Crippen molar-refractivity contribution in [3.63, 3.8) is 0 Å². The largest absolute Gasteiger partial charge is 0.459 e. The van der Waals surface area contributed by atoms with Gasteiger partial charge >= 0.3 is 0 Å². The maximum absolute atomic E-state index is 13.3. The van der Waals surface area contributed by atoms with Gasteiger partial charge in [0.05, 0.1) is 11.2 Å². The number of aromatic nitrogens is 1. The van der Waals surface area contributed by atoms with Crippen LogP contribution in [0.3, 0.4) is 0 Å². The van der Waals surface area contributed by atoms with Crippen LogP contribution in [0.4, 0.5) is 5.88 Å². The van der Waals surface area contributed by atoms with Gasteiger partial charge in [0.2, 0.25) is 27.5 Å². The number of halogens is 1. The summed E-state index contributed by atoms with van der Waals surface area (Å²) in [6, 6.07) is 15.1. The summed E-state index contributed by atoms with van der Waals surface area (Å²) in [5, 5.41) is 2.81. The van der Waals surface area contributed by atoms with Gasteiger partial charge in [0.25, 0.3) is 5.89 Å². The van der Waals surface area contributed by atoms with Crippen molar-refractivity contribution in [2.45, 2.75) is 16.5 Å². The maximum Gasteiger partial charge on any atom is 0.266 e. The third-order valence-electron chi connectivity index (χ3n) is 4.60. The average Bonchev–Trinajstić information content (AvgIpc) is 3.52. The number of anilines is 1. The molecule has 0 radical (unpaired) electrons. The third kappa shape index (κ3) is 3.79. The van der Waals surface area contributed by atoms with Crippen LogP contribution in [0.25, 0.3) is 11.7 Å². The molecule has 1 aliphatic rings. The van der Waals surface area contributed by atoms with Crippen LogP contribution in [-0.4, -0.2) is 20.2 Å². The minimum absolute atomic E-state index is 0.0204. The molecule has 3 heterocycles. The molecule has 0 atom stereocenters. The number of hydrogen-bond donors (Lipinski definition) is 1. The van der Waals surface area contributed by atoms with Crippen molar-refractivity contribution in [1.82, 2.24) is 4.98 Å². The monoisotopic (exact) mass is 502 g/mol. The Labute approximate surface area is 185 Å². The fraction of sp³-hybridized carbons (Fsp3) is 0.0952. The molecule has 0 fully saturated rings. The van der Waals surface area contributed by atoms with E-state index >= 15 is 0 Å². The first-order valence-corrected chi connectivity index (χ1v) is 11.5. The summed E-state index contributed by atoms with van der Waals surface area (Å²) in [6.45, 7) is 0.461. The molecule has 0 amide bonds. The molecule has 0 bridgehead atoms. The zero-order valence-corrected chi connectivity index (χ0v) is 18.3. The van der Waals surface area contributed by atoms with Crippen molar-refractivity contribution < 1.29 is 26.7 Å². The van der Waals surface area contributed by atoms with Crippen molar-refractivity contribution >= 4 is 31.7 Å². The summed E-state index contributed by atoms with van der Waals surface area (Å²) in [4.78, 5) is 4.32. The minimum atomic E-state index is -3.95. The van der Waals surface area contributed by atoms with Gasteiger partial charge in [-0.25, -0.2) is 8.42 Å². The van der Waals surface area contributed by atoms with Gasteiger partial charge in [-0.2, -0.15) is 4.98 Å². The lowest BCUT2D eigenvalue weighted by Crippen LogP contribution is -2.07. The lowest BCUT2D eigenvalue weighted by molar-refractivity contribution is 0.174. The first-order valence-electron chi connectivity index (χ1n) is 9.18. The van der Waals surface area contributed by atoms with Crippen molar-refractivity contribution in [3.8, 4) is 23.1 Å². The number of benzene rings is 2. The molecule has 0 saturated heterocycles. The molecule has 5 rings (SSSR count). The molecule has 158 valence electrons. The predicted molar refractivity (Wildman–Crippen MR) is 114 cm³/mol. The SMILES string of the molecule is O=S(=O)(c1ccc(Br)cc1)c1nc(-c2ccco2)oc1NCc1ccc2c(c1)OCO2. The molecule has 4 aromatic rings. The van der Waals surface area contributed by atoms with Crippen LogP contribution in [-0.2, 0) is 16.4 Å². The molecule has 10 heteroatoms. The van der Waals surface area contributed by atoms with Crippen molar-refractivity contribution in [1.29, 1.82) is 0 Å². The Bertz CT molecular complexity index is 1330. The second-order valence-electron chi connectivity index (χ2n) is 6.63. The average molecular weight is 503 g/mol. The third-order valence-corrected chi connectivity index (χ3v) is 6.80. The highest BCUT2D eigenvalue weighted by atomic mass is 79.9. The molecular formula is C21H15BrN2O6S. The summed E-state index contributed by atoms with van der Waals surface area (Å²) >= 11 is 3.31. The van der Waals surface area contributed by atoms with Gasteiger partial charge in [0.15, 0.2) is 17.3 Å². The molecular weight excluding hydrogens is 488 g/mol. The summed E-state index contributed by atoms with van der Waals surface area (Å²) in [5.74, 6) is 1.71. The second kappa shape index (κ2) is 7.78. The zero-order valence-electron chi connectivity index (χ0n) is 15.9. The molecule has 8 nitrogen and oxygen atoms in total. The van der Waals surface area contributed by atoms with E-state index in [1.54, 1.807) is 30.3 Å². The predicted octanol–water partition coefficient (Wildman–Crippen LogP) is 4.87. The first-order chi connectivity index (χ1) is 15.0. The zero-order chi connectivity index (χ0) is 21.4. The standard InChI is InChI=1S/C21H15BrN2O6S/c22-14-4-6-15(7-5-14)31(25,26)21-20(30-19(24-21)17-2-1-9-27-17)23-11-13-3-8-16-18(10-13)29-12-28-16/h1-10,23H,11-12H2. The number of nitrogens with one attached hydrogen (secondary N) is 1. The van der Waals surface area contributed by atoms with Crippen LogP contribution in [0.5, 0.6) is 11.5 Å². The van der Waals surface area contributed by atoms with Gasteiger partial charge in [0.1, 0.15) is 0 Å². The van der Waals surface area contributed by atoms with E-state index in [9.17, 15) is 8.42 Å². The van der Waals surface area contributed by atoms with Crippen LogP contribution >= 0.6 is 15.9 Å². The highest BCUT2D eigenvalue weighted by Crippen LogP contribution is 2.35. The Morgan fingerprint density at radius 1 is 1.03 bits per heavy atom. The molecule has 2 aromatic heterocycles. The number of nitrogens with zero attached hydrogens (tertiary/aromatic N) is 1. The molecule has 0 aliphatic carbocycles. The lowest BCUT2D eigenvalue weighted by atomic mass is 10.2. The van der Waals surface area contributed by atoms with E-state index in [0.717, 1.165) is 10.0 Å². The number of furan rings is 1. The Hall–Kier alpha value is -3.24. The Balaban J connectivity index is 1.50. The smallest absolute Gasteiger partial charge is 0.266 e. The first kappa shape index (κ1) is 19.7. The molecule has 0 unspecified atom stereocenters. The quantitative estimate of drug-likeness (QED) is 0.398. The molecule has 31 heavy (non-hydrogen) atoms. The van der Waals surface area contributed by atoms with Crippen LogP contribution in [0.1, 0.15) is 5.56 Å². The van der Waals surface area contributed by atoms with Gasteiger partial charge in [-0.3, -0.25) is 0 Å². The summed E-state index contributed by atoms with van der Waals surface area (Å²) in [7, 11) is -3.95. The van der Waals surface area contributed by atoms with Crippen LogP contribution in [0.15, 0.2) is 84.1 Å². The highest BCUT2D eigenvalue weighted by Gasteiger charge is 2.29. The fourth-order valence-corrected chi connectivity index (χ4v) is 4.61. The van der Waals surface area contributed by atoms with E-state index in [2.05, 4.69) is 26.2 Å². The fourth-order valence-electron chi connectivity index (χ4n) is 3.06. The summed E-state index contributed by atoms with van der Waals surface area (Å²) < 4.78 is 49.1. The van der Waals surface area contributed by atoms with Gasteiger partial charge in [-0.15, -0.1) is 0 Å². The second-order valence-corrected chi connectivity index (χ2v) is 9.41. The van der Waals surface area contributed by atoms with E-state index in [1.807, 2.05) is 12.1 Å². The van der Waals surface area contributed by atoms with E-state index < -0.39 is 9.84 Å². The number of hydrogen-bond acceptors (Lipinski definition) is 8. The lowest BCUT2D eigenvalue weighted by Gasteiger charge is -2.07. The van der Waals surface area contributed by atoms with Crippen molar-refractivity contribution in [2.24, 2.45) is 0 Å². The Morgan fingerprint density at radius 2 is 1.84 bits per heavy atom. The Morgan fingerprint density at radius 3 is 2.61 bits per heavy atom. The molecule has 0 saturated carbocycles. The van der Waals surface area contributed by atoms with Gasteiger partial charge in [-0.05, 0) is 54.1 Å².